The van der Waals surface area contributed by atoms with E-state index in [1.165, 1.54) is 17.7 Å². The van der Waals surface area contributed by atoms with Crippen LogP contribution in [0.25, 0.3) is 16.9 Å². The highest BCUT2D eigenvalue weighted by Gasteiger charge is 2.12. The van der Waals surface area contributed by atoms with Crippen LogP contribution in [-0.4, -0.2) is 25.4 Å². The lowest BCUT2D eigenvalue weighted by Gasteiger charge is -2.13. The van der Waals surface area contributed by atoms with E-state index in [1.54, 1.807) is 56.4 Å². The van der Waals surface area contributed by atoms with E-state index in [0.717, 1.165) is 5.56 Å². The maximum Gasteiger partial charge on any atom is 0.255 e. The van der Waals surface area contributed by atoms with E-state index < -0.39 is 11.9 Å². The molecule has 0 spiro atoms. The van der Waals surface area contributed by atoms with Gasteiger partial charge in [-0.3, -0.25) is 9.78 Å². The monoisotopic (exact) mass is 481 g/mol. The van der Waals surface area contributed by atoms with Crippen LogP contribution in [0.4, 0.5) is 17.3 Å². The third kappa shape index (κ3) is 5.15. The van der Waals surface area contributed by atoms with Crippen molar-refractivity contribution >= 4 is 23.2 Å². The van der Waals surface area contributed by atoms with E-state index in [0.29, 0.717) is 22.5 Å². The van der Waals surface area contributed by atoms with Gasteiger partial charge in [0, 0.05) is 59.1 Å². The van der Waals surface area contributed by atoms with Crippen molar-refractivity contribution in [3.63, 3.8) is 0 Å². The van der Waals surface area contributed by atoms with Gasteiger partial charge in [-0.2, -0.15) is 0 Å². The lowest BCUT2D eigenvalue weighted by molar-refractivity contribution is 0.102. The molecule has 7 nitrogen and oxygen atoms in total. The molecule has 0 aliphatic heterocycles. The lowest BCUT2D eigenvalue weighted by atomic mass is 10.1. The van der Waals surface area contributed by atoms with Crippen molar-refractivity contribution in [3.05, 3.63) is 114 Å². The smallest absolute Gasteiger partial charge is 0.255 e. The topological polar surface area (TPSA) is 84.7 Å². The normalized spacial score (nSPS) is 13.5. The van der Waals surface area contributed by atoms with Crippen molar-refractivity contribution in [2.24, 2.45) is 0 Å². The SMILES string of the molecule is [2H]c1nc(Nc2c([2H])c(C(=O)Nc3cc(C)cc(-n4c([2H])cc(C)c4[2H])c3)c([2H])c([2H])c2C)nc(-c2cccnc2)c1[2H]. The zero-order chi connectivity index (χ0) is 31.2. The van der Waals surface area contributed by atoms with Crippen molar-refractivity contribution in [2.75, 3.05) is 10.6 Å². The lowest BCUT2D eigenvalue weighted by Crippen LogP contribution is -2.13. The number of aromatic nitrogens is 4. The van der Waals surface area contributed by atoms with E-state index in [2.05, 4.69) is 25.6 Å². The molecule has 0 aliphatic carbocycles. The molecule has 3 heterocycles. The molecule has 0 saturated carbocycles. The molecule has 0 radical (unpaired) electrons. The molecule has 1 amide bonds. The summed E-state index contributed by atoms with van der Waals surface area (Å²) in [7, 11) is 0. The van der Waals surface area contributed by atoms with Gasteiger partial charge in [-0.25, -0.2) is 9.97 Å². The van der Waals surface area contributed by atoms with Crippen LogP contribution < -0.4 is 10.6 Å². The summed E-state index contributed by atoms with van der Waals surface area (Å²) in [6.45, 7) is 5.06. The van der Waals surface area contributed by atoms with Crippen molar-refractivity contribution < 1.29 is 14.4 Å². The number of amides is 1. The van der Waals surface area contributed by atoms with Gasteiger partial charge in [0.15, 0.2) is 0 Å². The number of nitrogens with one attached hydrogen (secondary N) is 2. The number of rotatable bonds is 6. The number of hydrogen-bond donors (Lipinski definition) is 2. The van der Waals surface area contributed by atoms with Gasteiger partial charge in [0.05, 0.1) is 15.3 Å². The van der Waals surface area contributed by atoms with Gasteiger partial charge in [-0.05, 0) is 92.0 Å². The van der Waals surface area contributed by atoms with Gasteiger partial charge in [0.1, 0.15) is 0 Å². The van der Waals surface area contributed by atoms with E-state index >= 15 is 0 Å². The fourth-order valence-electron chi connectivity index (χ4n) is 3.51. The fraction of sp³-hybridized carbons (Fsp3) is 0.103. The average molecular weight is 482 g/mol. The van der Waals surface area contributed by atoms with Crippen LogP contribution in [0.3, 0.4) is 0 Å². The summed E-state index contributed by atoms with van der Waals surface area (Å²) in [5.74, 6) is -0.925. The summed E-state index contributed by atoms with van der Waals surface area (Å²) in [5, 5.41) is 5.54. The van der Waals surface area contributed by atoms with Crippen LogP contribution in [0, 0.1) is 20.8 Å². The van der Waals surface area contributed by atoms with Crippen molar-refractivity contribution in [1.29, 1.82) is 0 Å². The molecule has 3 aromatic heterocycles. The molecule has 0 atom stereocenters. The minimum absolute atomic E-state index is 0.00543. The third-order valence-corrected chi connectivity index (χ3v) is 5.23. The summed E-state index contributed by atoms with van der Waals surface area (Å²) >= 11 is 0. The first-order valence-corrected chi connectivity index (χ1v) is 11.1. The predicted molar refractivity (Wildman–Crippen MR) is 143 cm³/mol. The van der Waals surface area contributed by atoms with Crippen LogP contribution in [-0.2, 0) is 0 Å². The molecule has 7 heteroatoms. The summed E-state index contributed by atoms with van der Waals surface area (Å²) in [4.78, 5) is 25.9. The van der Waals surface area contributed by atoms with Gasteiger partial charge in [0.25, 0.3) is 5.91 Å². The molecular weight excluding hydrogens is 448 g/mol. The Morgan fingerprint density at radius 3 is 2.72 bits per heavy atom. The first-order valence-electron chi connectivity index (χ1n) is 14.6. The highest BCUT2D eigenvalue weighted by Crippen LogP contribution is 2.24. The van der Waals surface area contributed by atoms with E-state index in [1.807, 2.05) is 0 Å². The second-order valence-electron chi connectivity index (χ2n) is 8.16. The Kier molecular flexibility index (Phi) is 4.37. The van der Waals surface area contributed by atoms with Gasteiger partial charge in [0.2, 0.25) is 5.95 Å². The fourth-order valence-corrected chi connectivity index (χ4v) is 3.51. The molecule has 0 fully saturated rings. The van der Waals surface area contributed by atoms with E-state index in [4.69, 9.17) is 9.60 Å². The molecule has 2 N–H and O–H groups in total. The number of pyridine rings is 1. The third-order valence-electron chi connectivity index (χ3n) is 5.23. The average Bonchev–Trinajstić information content (AvgIpc) is 3.22. The van der Waals surface area contributed by atoms with E-state index in [9.17, 15) is 4.79 Å². The Hall–Kier alpha value is -4.78. The molecule has 2 aromatic carbocycles. The molecule has 0 aliphatic rings. The first kappa shape index (κ1) is 16.0. The second-order valence-corrected chi connectivity index (χ2v) is 8.16. The van der Waals surface area contributed by atoms with Gasteiger partial charge in [-0.1, -0.05) is 6.04 Å². The molecule has 0 unspecified atom stereocenters. The number of aryl methyl sites for hydroxylation is 2. The van der Waals surface area contributed by atoms with Crippen LogP contribution in [0.5, 0.6) is 0 Å². The van der Waals surface area contributed by atoms with Gasteiger partial charge < -0.3 is 15.2 Å². The first-order chi connectivity index (χ1) is 20.4. The summed E-state index contributed by atoms with van der Waals surface area (Å²) in [6, 6.07) is 8.64. The zero-order valence-electron chi connectivity index (χ0n) is 26.8. The number of nitrogens with zero attached hydrogens (tertiary/aromatic N) is 4. The molecular formula is C29H26N6O. The van der Waals surface area contributed by atoms with Crippen molar-refractivity contribution in [2.45, 2.75) is 20.8 Å². The zero-order valence-corrected chi connectivity index (χ0v) is 19.8. The molecule has 5 aromatic rings. The molecule has 36 heavy (non-hydrogen) atoms. The minimum Gasteiger partial charge on any atom is -0.324 e. The summed E-state index contributed by atoms with van der Waals surface area (Å²) < 4.78 is 60.2. The number of benzene rings is 2. The van der Waals surface area contributed by atoms with Gasteiger partial charge >= 0.3 is 0 Å². The largest absolute Gasteiger partial charge is 0.324 e. The second kappa shape index (κ2) is 9.84. The van der Waals surface area contributed by atoms with Crippen LogP contribution in [0.2, 0.25) is 0 Å². The van der Waals surface area contributed by atoms with Crippen molar-refractivity contribution in [1.82, 2.24) is 19.5 Å². The van der Waals surface area contributed by atoms with Crippen LogP contribution in [0.1, 0.15) is 36.6 Å². The summed E-state index contributed by atoms with van der Waals surface area (Å²) in [6.07, 6.45) is 2.94. The predicted octanol–water partition coefficient (Wildman–Crippen LogP) is 6.25. The number of carbonyl (C=O) groups is 1. The highest BCUT2D eigenvalue weighted by molar-refractivity contribution is 6.05. The Labute approximate surface area is 219 Å². The van der Waals surface area contributed by atoms with Gasteiger partial charge in [-0.15, -0.1) is 0 Å². The molecule has 178 valence electrons. The number of anilines is 3. The van der Waals surface area contributed by atoms with Crippen molar-refractivity contribution in [3.8, 4) is 16.9 Å². The maximum absolute atomic E-state index is 13.5. The number of carbonyl (C=O) groups excluding carboxylic acids is 1. The summed E-state index contributed by atoms with van der Waals surface area (Å²) in [5.41, 5.74) is 2.65. The molecule has 0 saturated heterocycles. The Balaban J connectivity index is 1.53. The standard InChI is InChI=1S/C29H26N6O/c1-19-9-12-35(18-19)25-14-20(2)13-24(16-25)32-28(36)22-7-6-21(3)27(15-22)34-29-31-11-8-26(33-29)23-5-4-10-30-17-23/h4-18H,1-3H3,(H,32,36)(H,31,33,34)/i6D,7D,8D,11D,12D,15D,18D. The Morgan fingerprint density at radius 2 is 1.94 bits per heavy atom. The Bertz CT molecular complexity index is 1910. The van der Waals surface area contributed by atoms with Crippen LogP contribution in [0.15, 0.2) is 91.5 Å². The molecule has 5 rings (SSSR count). The molecule has 0 bridgehead atoms. The maximum atomic E-state index is 13.5. The minimum atomic E-state index is -0.802. The van der Waals surface area contributed by atoms with Crippen LogP contribution >= 0.6 is 0 Å². The Morgan fingerprint density at radius 1 is 1.06 bits per heavy atom. The number of hydrogen-bond acceptors (Lipinski definition) is 5. The van der Waals surface area contributed by atoms with E-state index in [-0.39, 0.29) is 65.1 Å². The highest BCUT2D eigenvalue weighted by atomic mass is 16.1. The quantitative estimate of drug-likeness (QED) is 0.299.